The van der Waals surface area contributed by atoms with Crippen LogP contribution in [0, 0.1) is 0 Å². The number of aliphatic hydroxyl groups is 6. The number of anilines is 1. The standard InChI is InChI=1S/C10H15N5O11P2.C8H15NO6/c11-10-13-7-4(8(18)14-10)12-2-15(7)9-6(17)5(16)3(25-9)1-24-28(22,23)26-27(19,20)21;1-3(11)9-5-7(13)6(12)4(2-10)15-8(5)14/h2-3,5-6,9,16-17H,1H2,(H,22,23)(H2,19,20,21)(H3,11,13,14,18);4-8,10,12-14H,2H2,1H3,(H,9,11)/t3-,5-,6-,9-;4-,5-,6-,7-,8?/m11/s1. The lowest BCUT2D eigenvalue weighted by molar-refractivity contribution is -0.253. The van der Waals surface area contributed by atoms with Crippen LogP contribution in [0.5, 0.6) is 0 Å². The number of imidazole rings is 1. The summed E-state index contributed by atoms with van der Waals surface area (Å²) in [6.45, 7) is -0.183. The summed E-state index contributed by atoms with van der Waals surface area (Å²) in [5.41, 5.74) is 4.65. The Morgan fingerprint density at radius 1 is 1.09 bits per heavy atom. The highest BCUT2D eigenvalue weighted by Gasteiger charge is 2.46. The number of nitrogens with zero attached hydrogens (tertiary/aromatic N) is 3. The van der Waals surface area contributed by atoms with Crippen LogP contribution in [0.4, 0.5) is 5.95 Å². The highest BCUT2D eigenvalue weighted by atomic mass is 31.3. The van der Waals surface area contributed by atoms with Gasteiger partial charge in [0.05, 0.1) is 19.5 Å². The van der Waals surface area contributed by atoms with Crippen molar-refractivity contribution in [1.29, 1.82) is 0 Å². The molecule has 2 aromatic heterocycles. The molecule has 1 amide bonds. The van der Waals surface area contributed by atoms with Gasteiger partial charge in [0.2, 0.25) is 11.9 Å². The number of hydrogen-bond donors (Lipinski definition) is 12. The van der Waals surface area contributed by atoms with E-state index in [1.54, 1.807) is 0 Å². The first kappa shape index (κ1) is 35.0. The molecule has 13 N–H and O–H groups in total. The summed E-state index contributed by atoms with van der Waals surface area (Å²) in [5, 5.41) is 59.7. The molecule has 0 saturated carbocycles. The van der Waals surface area contributed by atoms with Crippen molar-refractivity contribution in [2.24, 2.45) is 0 Å². The number of aliphatic hydroxyl groups excluding tert-OH is 6. The van der Waals surface area contributed by atoms with Gasteiger partial charge in [-0.25, -0.2) is 14.1 Å². The molecular weight excluding hydrogens is 634 g/mol. The fourth-order valence-corrected chi connectivity index (χ4v) is 5.64. The van der Waals surface area contributed by atoms with Gasteiger partial charge in [0.1, 0.15) is 42.7 Å². The van der Waals surface area contributed by atoms with Crippen LogP contribution in [0.25, 0.3) is 11.2 Å². The van der Waals surface area contributed by atoms with Gasteiger partial charge in [-0.2, -0.15) is 9.29 Å². The van der Waals surface area contributed by atoms with Crippen molar-refractivity contribution in [3.63, 3.8) is 0 Å². The molecule has 244 valence electrons. The summed E-state index contributed by atoms with van der Waals surface area (Å²) in [4.78, 5) is 58.8. The molecule has 0 radical (unpaired) electrons. The molecule has 23 nitrogen and oxygen atoms in total. The van der Waals surface area contributed by atoms with Gasteiger partial charge in [0.15, 0.2) is 23.7 Å². The first-order chi connectivity index (χ1) is 19.8. The fraction of sp³-hybridized carbons (Fsp3) is 0.667. The number of nitrogen functional groups attached to an aromatic ring is 1. The lowest BCUT2D eigenvalue weighted by atomic mass is 9.97. The van der Waals surface area contributed by atoms with Gasteiger partial charge < -0.3 is 65.8 Å². The van der Waals surface area contributed by atoms with Gasteiger partial charge in [-0.1, -0.05) is 0 Å². The van der Waals surface area contributed by atoms with E-state index in [0.717, 1.165) is 10.9 Å². The largest absolute Gasteiger partial charge is 0.481 e. The molecule has 2 saturated heterocycles. The van der Waals surface area contributed by atoms with Crippen molar-refractivity contribution < 1.29 is 77.6 Å². The molecule has 4 rings (SSSR count). The minimum absolute atomic E-state index is 0.0586. The second-order valence-electron chi connectivity index (χ2n) is 9.11. The molecule has 0 bridgehead atoms. The van der Waals surface area contributed by atoms with E-state index in [1.165, 1.54) is 6.92 Å². The predicted octanol–water partition coefficient (Wildman–Crippen LogP) is -5.53. The molecule has 0 aliphatic carbocycles. The van der Waals surface area contributed by atoms with Gasteiger partial charge in [0, 0.05) is 6.92 Å². The Bertz CT molecular complexity index is 1430. The third-order valence-corrected chi connectivity index (χ3v) is 8.10. The SMILES string of the molecule is CC(=O)N[C@H]1C(O)O[C@H](CO)[C@@H](O)[C@@H]1O.Nc1nc2c(ncn2[C@@H]2O[C@H](COP(=O)(O)OP(=O)(O)O)[C@@H](O)[C@H]2O)c(=O)[nH]1. The molecular formula is C18H30N6O17P2. The van der Waals surface area contributed by atoms with Gasteiger partial charge >= 0.3 is 15.6 Å². The Morgan fingerprint density at radius 2 is 1.72 bits per heavy atom. The van der Waals surface area contributed by atoms with Crippen molar-refractivity contribution in [2.75, 3.05) is 18.9 Å². The van der Waals surface area contributed by atoms with E-state index in [-0.39, 0.29) is 17.1 Å². The van der Waals surface area contributed by atoms with E-state index < -0.39 is 95.5 Å². The molecule has 25 heteroatoms. The maximum atomic E-state index is 11.8. The highest BCUT2D eigenvalue weighted by Crippen LogP contribution is 2.57. The predicted molar refractivity (Wildman–Crippen MR) is 135 cm³/mol. The lowest BCUT2D eigenvalue weighted by Crippen LogP contribution is -2.63. The zero-order valence-corrected chi connectivity index (χ0v) is 23.6. The smallest absolute Gasteiger partial charge is 0.394 e. The quantitative estimate of drug-likeness (QED) is 0.117. The van der Waals surface area contributed by atoms with E-state index in [0.29, 0.717) is 0 Å². The van der Waals surface area contributed by atoms with Crippen molar-refractivity contribution in [3.8, 4) is 0 Å². The highest BCUT2D eigenvalue weighted by molar-refractivity contribution is 7.60. The van der Waals surface area contributed by atoms with Gasteiger partial charge in [-0.3, -0.25) is 23.7 Å². The maximum absolute atomic E-state index is 11.8. The summed E-state index contributed by atoms with van der Waals surface area (Å²) >= 11 is 0. The zero-order chi connectivity index (χ0) is 32.4. The Morgan fingerprint density at radius 3 is 2.30 bits per heavy atom. The number of ether oxygens (including phenoxy) is 2. The normalized spacial score (nSPS) is 32.6. The van der Waals surface area contributed by atoms with E-state index in [9.17, 15) is 49.1 Å². The van der Waals surface area contributed by atoms with Crippen LogP contribution in [0.15, 0.2) is 11.1 Å². The number of fused-ring (bicyclic) bond motifs is 1. The van der Waals surface area contributed by atoms with Crippen LogP contribution in [0.1, 0.15) is 13.2 Å². The van der Waals surface area contributed by atoms with E-state index >= 15 is 0 Å². The molecule has 2 unspecified atom stereocenters. The molecule has 10 atom stereocenters. The molecule has 43 heavy (non-hydrogen) atoms. The van der Waals surface area contributed by atoms with E-state index in [1.807, 2.05) is 0 Å². The number of hydrogen-bond acceptors (Lipinski definition) is 17. The third kappa shape index (κ3) is 8.60. The lowest BCUT2D eigenvalue weighted by Gasteiger charge is -2.40. The maximum Gasteiger partial charge on any atom is 0.481 e. The van der Waals surface area contributed by atoms with Crippen LogP contribution in [-0.2, 0) is 32.2 Å². The van der Waals surface area contributed by atoms with E-state index in [4.69, 9.17) is 30.1 Å². The molecule has 4 heterocycles. The number of H-pyrrole nitrogens is 1. The summed E-state index contributed by atoms with van der Waals surface area (Å²) in [6, 6.07) is -1.10. The Balaban J connectivity index is 0.000000285. The zero-order valence-electron chi connectivity index (χ0n) is 21.8. The van der Waals surface area contributed by atoms with Crippen molar-refractivity contribution in [3.05, 3.63) is 16.7 Å². The molecule has 2 aliphatic rings. The second kappa shape index (κ2) is 13.7. The average molecular weight is 664 g/mol. The first-order valence-electron chi connectivity index (χ1n) is 11.9. The number of amides is 1. The molecule has 2 aliphatic heterocycles. The van der Waals surface area contributed by atoms with Crippen molar-refractivity contribution >= 4 is 38.7 Å². The number of nitrogens with one attached hydrogen (secondary N) is 2. The van der Waals surface area contributed by atoms with Gasteiger partial charge in [-0.15, -0.1) is 0 Å². The van der Waals surface area contributed by atoms with Crippen LogP contribution >= 0.6 is 15.6 Å². The molecule has 2 fully saturated rings. The fourth-order valence-electron chi connectivity index (χ4n) is 4.04. The topological polar surface area (TPSA) is 372 Å². The Kier molecular flexibility index (Phi) is 11.2. The Hall–Kier alpha value is -2.44. The van der Waals surface area contributed by atoms with Gasteiger partial charge in [-0.05, 0) is 0 Å². The minimum Gasteiger partial charge on any atom is -0.394 e. The summed E-state index contributed by atoms with van der Waals surface area (Å²) in [5.74, 6) is -0.695. The number of nitrogens with two attached hydrogens (primary N) is 1. The number of aromatic amines is 1. The van der Waals surface area contributed by atoms with Crippen LogP contribution in [0.3, 0.4) is 0 Å². The number of aromatic nitrogens is 4. The monoisotopic (exact) mass is 664 g/mol. The van der Waals surface area contributed by atoms with E-state index in [2.05, 4.69) is 29.1 Å². The first-order valence-corrected chi connectivity index (χ1v) is 14.9. The number of rotatable bonds is 8. The van der Waals surface area contributed by atoms with Gasteiger partial charge in [0.25, 0.3) is 5.56 Å². The summed E-state index contributed by atoms with van der Waals surface area (Å²) < 4.78 is 41.4. The third-order valence-electron chi connectivity index (χ3n) is 5.94. The number of phosphoric ester groups is 1. The van der Waals surface area contributed by atoms with Crippen LogP contribution < -0.4 is 16.6 Å². The minimum atomic E-state index is -5.32. The Labute approximate surface area is 239 Å². The molecule has 0 aromatic carbocycles. The van der Waals surface area contributed by atoms with Crippen LogP contribution in [-0.4, -0.2) is 133 Å². The second-order valence-corrected chi connectivity index (χ2v) is 11.9. The average Bonchev–Trinajstić information content (AvgIpc) is 3.42. The number of carbonyl (C=O) groups is 1. The van der Waals surface area contributed by atoms with Crippen LogP contribution in [0.2, 0.25) is 0 Å². The van der Waals surface area contributed by atoms with Crippen molar-refractivity contribution in [2.45, 2.75) is 62.1 Å². The molecule has 0 spiro atoms. The summed E-state index contributed by atoms with van der Waals surface area (Å²) in [7, 11) is -10.5. The van der Waals surface area contributed by atoms with Crippen molar-refractivity contribution in [1.82, 2.24) is 24.8 Å². The summed E-state index contributed by atoms with van der Waals surface area (Å²) in [6.07, 6.45) is -10.1. The molecule has 2 aromatic rings. The number of phosphoric acid groups is 2. The number of carbonyl (C=O) groups excluding carboxylic acids is 1.